The van der Waals surface area contributed by atoms with Gasteiger partial charge in [0.25, 0.3) is 0 Å². The molecular formula is C19H30N2. The quantitative estimate of drug-likeness (QED) is 0.835. The number of aryl methyl sites for hydroxylation is 1. The second-order valence-electron chi connectivity index (χ2n) is 6.32. The van der Waals surface area contributed by atoms with E-state index in [4.69, 9.17) is 0 Å². The maximum Gasteiger partial charge on any atom is 0.0420 e. The number of nitrogens with one attached hydrogen (secondary N) is 2. The van der Waals surface area contributed by atoms with Crippen LogP contribution in [0.2, 0.25) is 0 Å². The van der Waals surface area contributed by atoms with Crippen molar-refractivity contribution in [1.82, 2.24) is 10.6 Å². The van der Waals surface area contributed by atoms with E-state index in [1.54, 1.807) is 0 Å². The fraction of sp³-hybridized carbons (Fsp3) is 0.579. The van der Waals surface area contributed by atoms with Crippen LogP contribution in [-0.2, 0) is 5.41 Å². The van der Waals surface area contributed by atoms with Gasteiger partial charge in [0, 0.05) is 18.5 Å². The van der Waals surface area contributed by atoms with Gasteiger partial charge in [-0.1, -0.05) is 31.6 Å². The van der Waals surface area contributed by atoms with Crippen LogP contribution in [0.3, 0.4) is 0 Å². The van der Waals surface area contributed by atoms with Crippen LogP contribution in [0.25, 0.3) is 5.57 Å². The predicted octanol–water partition coefficient (Wildman–Crippen LogP) is 3.57. The summed E-state index contributed by atoms with van der Waals surface area (Å²) in [5, 5.41) is 7.18. The molecule has 2 rings (SSSR count). The lowest BCUT2D eigenvalue weighted by molar-refractivity contribution is 0.439. The molecule has 0 radical (unpaired) electrons. The van der Waals surface area contributed by atoms with Crippen molar-refractivity contribution in [1.29, 1.82) is 0 Å². The molecule has 2 nitrogen and oxygen atoms in total. The number of fused-ring (bicyclic) bond motifs is 1. The molecule has 0 unspecified atom stereocenters. The second-order valence-corrected chi connectivity index (χ2v) is 6.32. The van der Waals surface area contributed by atoms with Crippen molar-refractivity contribution in [3.63, 3.8) is 0 Å². The molecule has 0 heterocycles. The van der Waals surface area contributed by atoms with E-state index in [1.807, 2.05) is 0 Å². The molecule has 0 atom stereocenters. The molecule has 0 aliphatic heterocycles. The summed E-state index contributed by atoms with van der Waals surface area (Å²) in [7, 11) is 0. The Bertz CT molecular complexity index is 547. The Morgan fingerprint density at radius 2 is 1.48 bits per heavy atom. The number of hydrogen-bond donors (Lipinski definition) is 2. The van der Waals surface area contributed by atoms with Gasteiger partial charge in [0.1, 0.15) is 0 Å². The van der Waals surface area contributed by atoms with Crippen LogP contribution in [0, 0.1) is 13.8 Å². The number of allylic oxidation sites excluding steroid dienone is 1. The molecule has 21 heavy (non-hydrogen) atoms. The third-order valence-electron chi connectivity index (χ3n) is 5.26. The average molecular weight is 286 g/mol. The maximum atomic E-state index is 3.59. The van der Waals surface area contributed by atoms with Crippen molar-refractivity contribution >= 4 is 5.57 Å². The summed E-state index contributed by atoms with van der Waals surface area (Å²) < 4.78 is 0. The molecule has 1 aliphatic rings. The van der Waals surface area contributed by atoms with E-state index in [0.29, 0.717) is 0 Å². The van der Waals surface area contributed by atoms with Crippen LogP contribution < -0.4 is 10.6 Å². The summed E-state index contributed by atoms with van der Waals surface area (Å²) in [5.41, 5.74) is 8.92. The minimum atomic E-state index is 0.101. The lowest BCUT2D eigenvalue weighted by Gasteiger charge is -2.34. The summed E-state index contributed by atoms with van der Waals surface area (Å²) in [5.74, 6) is 0. The van der Waals surface area contributed by atoms with Crippen molar-refractivity contribution in [2.24, 2.45) is 0 Å². The third-order valence-corrected chi connectivity index (χ3v) is 5.26. The van der Waals surface area contributed by atoms with Crippen LogP contribution in [0.5, 0.6) is 0 Å². The fourth-order valence-corrected chi connectivity index (χ4v) is 3.64. The summed E-state index contributed by atoms with van der Waals surface area (Å²) in [6, 6.07) is 4.64. The second kappa shape index (κ2) is 6.33. The van der Waals surface area contributed by atoms with Gasteiger partial charge in [0.2, 0.25) is 0 Å². The van der Waals surface area contributed by atoms with E-state index in [1.165, 1.54) is 33.4 Å². The Hall–Kier alpha value is -1.12. The Balaban J connectivity index is 2.59. The molecule has 2 N–H and O–H groups in total. The Morgan fingerprint density at radius 1 is 0.905 bits per heavy atom. The standard InChI is InChI=1S/C19H30N2/c1-7-20-11-19(12-21-8-2)16(6)15(5)18-14(4)13(3)9-10-17(18)19/h9-10,20-21H,7-8,11-12H2,1-6H3. The normalized spacial score (nSPS) is 16.5. The first-order valence-electron chi connectivity index (χ1n) is 8.20. The topological polar surface area (TPSA) is 24.1 Å². The molecule has 0 saturated carbocycles. The predicted molar refractivity (Wildman–Crippen MR) is 92.9 cm³/mol. The molecule has 1 aliphatic carbocycles. The first-order chi connectivity index (χ1) is 9.99. The highest BCUT2D eigenvalue weighted by molar-refractivity contribution is 5.81. The Morgan fingerprint density at radius 3 is 2.00 bits per heavy atom. The number of rotatable bonds is 6. The van der Waals surface area contributed by atoms with Gasteiger partial charge in [0.15, 0.2) is 0 Å². The minimum absolute atomic E-state index is 0.101. The van der Waals surface area contributed by atoms with E-state index >= 15 is 0 Å². The van der Waals surface area contributed by atoms with Gasteiger partial charge in [0.05, 0.1) is 0 Å². The highest BCUT2D eigenvalue weighted by atomic mass is 14.9. The molecular weight excluding hydrogens is 256 g/mol. The minimum Gasteiger partial charge on any atom is -0.316 e. The van der Waals surface area contributed by atoms with Crippen molar-refractivity contribution in [3.05, 3.63) is 40.0 Å². The van der Waals surface area contributed by atoms with E-state index in [2.05, 4.69) is 64.3 Å². The molecule has 2 heteroatoms. The average Bonchev–Trinajstić information content (AvgIpc) is 2.69. The molecule has 0 saturated heterocycles. The molecule has 0 amide bonds. The summed E-state index contributed by atoms with van der Waals surface area (Å²) in [4.78, 5) is 0. The molecule has 0 aromatic heterocycles. The zero-order valence-electron chi connectivity index (χ0n) is 14.5. The number of hydrogen-bond acceptors (Lipinski definition) is 2. The fourth-order valence-electron chi connectivity index (χ4n) is 3.64. The zero-order valence-corrected chi connectivity index (χ0v) is 14.5. The number of likely N-dealkylation sites (N-methyl/N-ethyl adjacent to an activating group) is 2. The van der Waals surface area contributed by atoms with Crippen LogP contribution in [0.4, 0.5) is 0 Å². The molecule has 0 spiro atoms. The largest absolute Gasteiger partial charge is 0.316 e. The number of benzene rings is 1. The monoisotopic (exact) mass is 286 g/mol. The Labute approximate surface area is 130 Å². The smallest absolute Gasteiger partial charge is 0.0420 e. The van der Waals surface area contributed by atoms with Gasteiger partial charge in [-0.2, -0.15) is 0 Å². The lowest BCUT2D eigenvalue weighted by Crippen LogP contribution is -2.46. The van der Waals surface area contributed by atoms with Crippen LogP contribution in [0.15, 0.2) is 17.7 Å². The van der Waals surface area contributed by atoms with E-state index < -0.39 is 0 Å². The molecule has 1 aromatic carbocycles. The van der Waals surface area contributed by atoms with Gasteiger partial charge in [-0.15, -0.1) is 0 Å². The maximum absolute atomic E-state index is 3.59. The molecule has 0 bridgehead atoms. The summed E-state index contributed by atoms with van der Waals surface area (Å²) in [6.07, 6.45) is 0. The highest BCUT2D eigenvalue weighted by Crippen LogP contribution is 2.47. The van der Waals surface area contributed by atoms with E-state index in [0.717, 1.165) is 26.2 Å². The van der Waals surface area contributed by atoms with Gasteiger partial charge < -0.3 is 10.6 Å². The molecule has 0 fully saturated rings. The van der Waals surface area contributed by atoms with Gasteiger partial charge >= 0.3 is 0 Å². The van der Waals surface area contributed by atoms with Crippen molar-refractivity contribution in [2.75, 3.05) is 26.2 Å². The zero-order chi connectivity index (χ0) is 15.6. The summed E-state index contributed by atoms with van der Waals surface area (Å²) in [6.45, 7) is 17.5. The lowest BCUT2D eigenvalue weighted by atomic mass is 9.76. The first-order valence-corrected chi connectivity index (χ1v) is 8.20. The van der Waals surface area contributed by atoms with E-state index in [9.17, 15) is 0 Å². The van der Waals surface area contributed by atoms with Gasteiger partial charge in [-0.25, -0.2) is 0 Å². The SMILES string of the molecule is CCNCC1(CNCC)C(C)=C(C)c2c1ccc(C)c2C. The van der Waals surface area contributed by atoms with Crippen molar-refractivity contribution in [2.45, 2.75) is 47.0 Å². The molecule has 1 aromatic rings. The van der Waals surface area contributed by atoms with Crippen LogP contribution in [-0.4, -0.2) is 26.2 Å². The highest BCUT2D eigenvalue weighted by Gasteiger charge is 2.41. The van der Waals surface area contributed by atoms with Crippen molar-refractivity contribution < 1.29 is 0 Å². The van der Waals surface area contributed by atoms with E-state index in [-0.39, 0.29) is 5.41 Å². The Kier molecular flexibility index (Phi) is 4.90. The summed E-state index contributed by atoms with van der Waals surface area (Å²) >= 11 is 0. The van der Waals surface area contributed by atoms with Gasteiger partial charge in [-0.3, -0.25) is 0 Å². The third kappa shape index (κ3) is 2.56. The first kappa shape index (κ1) is 16.3. The molecule has 116 valence electrons. The van der Waals surface area contributed by atoms with Crippen LogP contribution in [0.1, 0.15) is 49.9 Å². The van der Waals surface area contributed by atoms with Crippen molar-refractivity contribution in [3.8, 4) is 0 Å². The van der Waals surface area contributed by atoms with Gasteiger partial charge in [-0.05, 0) is 68.6 Å². The van der Waals surface area contributed by atoms with Crippen LogP contribution >= 0.6 is 0 Å².